The van der Waals surface area contributed by atoms with E-state index in [1.165, 1.54) is 4.90 Å². The zero-order chi connectivity index (χ0) is 18.7. The number of nitrogens with zero attached hydrogens (tertiary/aromatic N) is 2. The second-order valence-electron chi connectivity index (χ2n) is 7.10. The molecular formula is C17H23N3O4S. The van der Waals surface area contributed by atoms with Crippen molar-refractivity contribution in [2.24, 2.45) is 0 Å². The summed E-state index contributed by atoms with van der Waals surface area (Å²) in [6, 6.07) is 8.09. The van der Waals surface area contributed by atoms with Crippen LogP contribution in [-0.2, 0) is 20.5 Å². The Labute approximate surface area is 148 Å². The smallest absolute Gasteiger partial charge is 0.410 e. The van der Waals surface area contributed by atoms with Gasteiger partial charge in [-0.05, 0) is 44.9 Å². The quantitative estimate of drug-likeness (QED) is 0.879. The average Bonchev–Trinajstić information content (AvgIpc) is 2.93. The van der Waals surface area contributed by atoms with Crippen molar-refractivity contribution in [2.75, 3.05) is 13.1 Å². The number of benzene rings is 1. The summed E-state index contributed by atoms with van der Waals surface area (Å²) in [4.78, 5) is 13.5. The molecule has 1 aromatic rings. The fourth-order valence-electron chi connectivity index (χ4n) is 2.54. The van der Waals surface area contributed by atoms with Crippen molar-refractivity contribution in [3.8, 4) is 6.07 Å². The van der Waals surface area contributed by atoms with Crippen molar-refractivity contribution in [1.82, 2.24) is 9.62 Å². The zero-order valence-electron chi connectivity index (χ0n) is 14.7. The Hall–Kier alpha value is -2.11. The van der Waals surface area contributed by atoms with Gasteiger partial charge in [0.25, 0.3) is 0 Å². The van der Waals surface area contributed by atoms with Crippen LogP contribution in [0.15, 0.2) is 24.3 Å². The van der Waals surface area contributed by atoms with Gasteiger partial charge in [0.05, 0.1) is 17.4 Å². The summed E-state index contributed by atoms with van der Waals surface area (Å²) in [5.41, 5.74) is 0.510. The van der Waals surface area contributed by atoms with Gasteiger partial charge in [-0.15, -0.1) is 0 Å². The van der Waals surface area contributed by atoms with Gasteiger partial charge in [-0.1, -0.05) is 12.1 Å². The van der Waals surface area contributed by atoms with Crippen molar-refractivity contribution >= 4 is 16.1 Å². The number of ether oxygens (including phenoxy) is 1. The lowest BCUT2D eigenvalue weighted by molar-refractivity contribution is 0.0292. The van der Waals surface area contributed by atoms with Gasteiger partial charge in [-0.3, -0.25) is 0 Å². The predicted molar refractivity (Wildman–Crippen MR) is 93.1 cm³/mol. The zero-order valence-corrected chi connectivity index (χ0v) is 15.5. The van der Waals surface area contributed by atoms with Crippen LogP contribution in [0.4, 0.5) is 4.79 Å². The molecule has 1 aliphatic heterocycles. The van der Waals surface area contributed by atoms with E-state index in [1.54, 1.807) is 45.0 Å². The molecule has 0 bridgehead atoms. The molecule has 1 unspecified atom stereocenters. The Morgan fingerprint density at radius 1 is 1.36 bits per heavy atom. The molecule has 1 saturated heterocycles. The van der Waals surface area contributed by atoms with Crippen LogP contribution in [0, 0.1) is 11.3 Å². The van der Waals surface area contributed by atoms with Crippen molar-refractivity contribution in [3.63, 3.8) is 0 Å². The second-order valence-corrected chi connectivity index (χ2v) is 8.85. The third kappa shape index (κ3) is 6.03. The largest absolute Gasteiger partial charge is 0.444 e. The fourth-order valence-corrected chi connectivity index (χ4v) is 3.95. The normalized spacial score (nSPS) is 18.0. The Balaban J connectivity index is 1.91. The van der Waals surface area contributed by atoms with Crippen LogP contribution in [-0.4, -0.2) is 44.1 Å². The summed E-state index contributed by atoms with van der Waals surface area (Å²) >= 11 is 0. The number of amides is 1. The topological polar surface area (TPSA) is 99.5 Å². The van der Waals surface area contributed by atoms with Gasteiger partial charge in [-0.2, -0.15) is 5.26 Å². The monoisotopic (exact) mass is 365 g/mol. The molecule has 1 aromatic carbocycles. The van der Waals surface area contributed by atoms with Crippen molar-refractivity contribution in [3.05, 3.63) is 35.4 Å². The molecule has 0 radical (unpaired) electrons. The van der Waals surface area contributed by atoms with Gasteiger partial charge < -0.3 is 9.64 Å². The number of nitrogens with one attached hydrogen (secondary N) is 1. The van der Waals surface area contributed by atoms with E-state index in [2.05, 4.69) is 4.72 Å². The SMILES string of the molecule is CC(C)(C)OC(=O)N1CCC(NS(=O)(=O)Cc2ccc(C#N)cc2)C1. The molecule has 1 atom stereocenters. The highest BCUT2D eigenvalue weighted by molar-refractivity contribution is 7.88. The van der Waals surface area contributed by atoms with E-state index in [9.17, 15) is 13.2 Å². The highest BCUT2D eigenvalue weighted by atomic mass is 32.2. The first kappa shape index (κ1) is 19.2. The van der Waals surface area contributed by atoms with Crippen molar-refractivity contribution < 1.29 is 17.9 Å². The number of nitriles is 1. The van der Waals surface area contributed by atoms with E-state index in [0.29, 0.717) is 30.6 Å². The molecule has 0 spiro atoms. The molecule has 136 valence electrons. The minimum Gasteiger partial charge on any atom is -0.444 e. The van der Waals surface area contributed by atoms with Crippen LogP contribution in [0.1, 0.15) is 38.3 Å². The maximum absolute atomic E-state index is 12.3. The molecule has 0 aliphatic carbocycles. The van der Waals surface area contributed by atoms with Crippen molar-refractivity contribution in [2.45, 2.75) is 44.6 Å². The van der Waals surface area contributed by atoms with Crippen LogP contribution in [0.2, 0.25) is 0 Å². The summed E-state index contributed by atoms with van der Waals surface area (Å²) < 4.78 is 32.5. The molecule has 1 fully saturated rings. The van der Waals surface area contributed by atoms with Gasteiger partial charge in [0, 0.05) is 19.1 Å². The Bertz CT molecular complexity index is 761. The molecule has 8 heteroatoms. The molecule has 0 aromatic heterocycles. The van der Waals surface area contributed by atoms with Gasteiger partial charge in [0.15, 0.2) is 0 Å². The van der Waals surface area contributed by atoms with E-state index in [4.69, 9.17) is 10.00 Å². The first-order valence-electron chi connectivity index (χ1n) is 8.05. The number of likely N-dealkylation sites (tertiary alicyclic amines) is 1. The summed E-state index contributed by atoms with van der Waals surface area (Å²) in [5.74, 6) is -0.165. The van der Waals surface area contributed by atoms with Gasteiger partial charge in [0.1, 0.15) is 5.60 Å². The fraction of sp³-hybridized carbons (Fsp3) is 0.529. The molecule has 0 saturated carbocycles. The van der Waals surface area contributed by atoms with Crippen LogP contribution in [0.3, 0.4) is 0 Å². The molecule has 1 N–H and O–H groups in total. The highest BCUT2D eigenvalue weighted by Gasteiger charge is 2.31. The Morgan fingerprint density at radius 3 is 2.56 bits per heavy atom. The first-order chi connectivity index (χ1) is 11.6. The third-order valence-electron chi connectivity index (χ3n) is 3.63. The van der Waals surface area contributed by atoms with Crippen LogP contribution in [0.25, 0.3) is 0 Å². The molecule has 25 heavy (non-hydrogen) atoms. The minimum atomic E-state index is -3.53. The first-order valence-corrected chi connectivity index (χ1v) is 9.70. The molecule has 2 rings (SSSR count). The molecule has 1 heterocycles. The molecule has 1 amide bonds. The minimum absolute atomic E-state index is 0.165. The van der Waals surface area contributed by atoms with E-state index < -0.39 is 21.7 Å². The number of carbonyl (C=O) groups is 1. The number of hydrogen-bond acceptors (Lipinski definition) is 5. The lowest BCUT2D eigenvalue weighted by Gasteiger charge is -2.24. The average molecular weight is 365 g/mol. The lowest BCUT2D eigenvalue weighted by atomic mass is 10.2. The predicted octanol–water partition coefficient (Wildman–Crippen LogP) is 1.99. The second kappa shape index (κ2) is 7.42. The lowest BCUT2D eigenvalue weighted by Crippen LogP contribution is -2.40. The number of rotatable bonds is 4. The van der Waals surface area contributed by atoms with Crippen LogP contribution < -0.4 is 4.72 Å². The number of hydrogen-bond donors (Lipinski definition) is 1. The van der Waals surface area contributed by atoms with E-state index >= 15 is 0 Å². The number of sulfonamides is 1. The molecule has 7 nitrogen and oxygen atoms in total. The number of carbonyl (C=O) groups excluding carboxylic acids is 1. The van der Waals surface area contributed by atoms with E-state index in [0.717, 1.165) is 0 Å². The van der Waals surface area contributed by atoms with Gasteiger partial charge in [-0.25, -0.2) is 17.9 Å². The third-order valence-corrected chi connectivity index (χ3v) is 5.03. The summed E-state index contributed by atoms with van der Waals surface area (Å²) in [6.07, 6.45) is 0.118. The van der Waals surface area contributed by atoms with Gasteiger partial charge in [0.2, 0.25) is 10.0 Å². The molecule has 1 aliphatic rings. The Morgan fingerprint density at radius 2 is 2.00 bits per heavy atom. The van der Waals surface area contributed by atoms with Crippen LogP contribution >= 0.6 is 0 Å². The highest BCUT2D eigenvalue weighted by Crippen LogP contribution is 2.16. The summed E-state index contributed by atoms with van der Waals surface area (Å²) in [5, 5.41) is 8.77. The van der Waals surface area contributed by atoms with Gasteiger partial charge >= 0.3 is 6.09 Å². The summed E-state index contributed by atoms with van der Waals surface area (Å²) in [6.45, 7) is 6.12. The Kier molecular flexibility index (Phi) is 5.70. The van der Waals surface area contributed by atoms with Crippen molar-refractivity contribution in [1.29, 1.82) is 5.26 Å². The maximum Gasteiger partial charge on any atom is 0.410 e. The summed E-state index contributed by atoms with van der Waals surface area (Å²) in [7, 11) is -3.53. The molecular weight excluding hydrogens is 342 g/mol. The van der Waals surface area contributed by atoms with Crippen LogP contribution in [0.5, 0.6) is 0 Å². The standard InChI is InChI=1S/C17H23N3O4S/c1-17(2,3)24-16(21)20-9-8-15(11-20)19-25(22,23)12-14-6-4-13(10-18)5-7-14/h4-7,15,19H,8-9,11-12H2,1-3H3. The maximum atomic E-state index is 12.3. The van der Waals surface area contributed by atoms with E-state index in [-0.39, 0.29) is 11.8 Å². The van der Waals surface area contributed by atoms with E-state index in [1.807, 2.05) is 6.07 Å².